The van der Waals surface area contributed by atoms with E-state index < -0.39 is 39.2 Å². The van der Waals surface area contributed by atoms with E-state index in [-0.39, 0.29) is 17.9 Å². The number of nitrogens with zero attached hydrogens (tertiary/aromatic N) is 1. The Morgan fingerprint density at radius 2 is 1.37 bits per heavy atom. The lowest BCUT2D eigenvalue weighted by Crippen LogP contribution is -2.68. The van der Waals surface area contributed by atoms with Gasteiger partial charge in [0, 0.05) is 18.2 Å². The van der Waals surface area contributed by atoms with Gasteiger partial charge in [-0.15, -0.1) is 0 Å². The number of carboxylic acids is 1. The molecule has 59 heavy (non-hydrogen) atoms. The lowest BCUT2D eigenvalue weighted by atomic mass is 9.91. The van der Waals surface area contributed by atoms with Crippen LogP contribution in [0.4, 0.5) is 4.39 Å². The van der Waals surface area contributed by atoms with Crippen molar-refractivity contribution in [2.24, 2.45) is 0 Å². The van der Waals surface area contributed by atoms with Crippen molar-refractivity contribution in [2.75, 3.05) is 13.3 Å². The predicted octanol–water partition coefficient (Wildman–Crippen LogP) is 10.9. The second-order valence-electron chi connectivity index (χ2n) is 16.1. The average Bonchev–Trinajstić information content (AvgIpc) is 3.22. The van der Waals surface area contributed by atoms with Crippen molar-refractivity contribution in [1.82, 2.24) is 4.98 Å². The second kappa shape index (κ2) is 18.7. The molecule has 1 aromatic heterocycles. The maximum absolute atomic E-state index is 14.9. The normalized spacial score (nSPS) is 13.3. The Morgan fingerprint density at radius 1 is 0.814 bits per heavy atom. The molecule has 9 heteroatoms. The van der Waals surface area contributed by atoms with E-state index in [4.69, 9.17) is 13.9 Å². The molecule has 0 saturated heterocycles. The number of aromatic nitrogens is 1. The fourth-order valence-electron chi connectivity index (χ4n) is 7.70. The summed E-state index contributed by atoms with van der Waals surface area (Å²) in [6, 6.07) is 46.4. The maximum atomic E-state index is 14.9. The van der Waals surface area contributed by atoms with Gasteiger partial charge in [-0.05, 0) is 68.3 Å². The van der Waals surface area contributed by atoms with E-state index in [1.165, 1.54) is 24.8 Å². The Bertz CT molecular complexity index is 2440. The number of carbonyl (C=O) groups is 1. The molecule has 6 rings (SSSR count). The van der Waals surface area contributed by atoms with E-state index >= 15 is 0 Å². The van der Waals surface area contributed by atoms with Crippen molar-refractivity contribution in [3.63, 3.8) is 0 Å². The number of pyridine rings is 1. The van der Waals surface area contributed by atoms with Crippen LogP contribution in [-0.4, -0.2) is 43.8 Å². The van der Waals surface area contributed by atoms with Gasteiger partial charge in [-0.1, -0.05) is 168 Å². The number of hydrogen-bond donors (Lipinski definition) is 1. The summed E-state index contributed by atoms with van der Waals surface area (Å²) in [5.74, 6) is 1.66. The third-order valence-corrected chi connectivity index (χ3v) is 17.6. The summed E-state index contributed by atoms with van der Waals surface area (Å²) >= 11 is 0. The average molecular weight is 824 g/mol. The minimum absolute atomic E-state index is 0.111. The van der Waals surface area contributed by atoms with Crippen LogP contribution in [0, 0.1) is 17.4 Å². The van der Waals surface area contributed by atoms with Gasteiger partial charge < -0.3 is 14.1 Å². The van der Waals surface area contributed by atoms with Crippen molar-refractivity contribution in [3.8, 4) is 34.0 Å². The van der Waals surface area contributed by atoms with Crippen LogP contribution < -0.4 is 10.4 Å². The SMILES string of the molecule is COP(=O)(C#Cc1c(-c2ccc(F)cc2)cc(-c2ccccc2Cc2ccccc2)nc1C(C)C)CC(CC(=O)O)O[Si](c1ccccc1)(c1ccccc1)C(C)(C)C. The molecular weight excluding hydrogens is 773 g/mol. The first-order valence-electron chi connectivity index (χ1n) is 19.8. The fraction of sp³-hybridized carbons (Fsp3) is 0.240. The van der Waals surface area contributed by atoms with Crippen LogP contribution in [-0.2, 0) is 24.7 Å². The molecule has 0 spiro atoms. The van der Waals surface area contributed by atoms with Gasteiger partial charge in [0.15, 0.2) is 0 Å². The van der Waals surface area contributed by atoms with Gasteiger partial charge in [-0.3, -0.25) is 14.3 Å². The van der Waals surface area contributed by atoms with E-state index in [2.05, 4.69) is 56.6 Å². The van der Waals surface area contributed by atoms with Crippen molar-refractivity contribution >= 4 is 32.0 Å². The van der Waals surface area contributed by atoms with Gasteiger partial charge in [0.05, 0.1) is 35.6 Å². The molecule has 302 valence electrons. The minimum Gasteiger partial charge on any atom is -0.481 e. The summed E-state index contributed by atoms with van der Waals surface area (Å²) in [7, 11) is -5.82. The Balaban J connectivity index is 1.48. The predicted molar refractivity (Wildman–Crippen MR) is 240 cm³/mol. The minimum atomic E-state index is -3.90. The van der Waals surface area contributed by atoms with Gasteiger partial charge in [-0.2, -0.15) is 0 Å². The van der Waals surface area contributed by atoms with Crippen LogP contribution in [0.3, 0.4) is 0 Å². The molecule has 2 atom stereocenters. The highest BCUT2D eigenvalue weighted by atomic mass is 31.2. The summed E-state index contributed by atoms with van der Waals surface area (Å²) in [6.45, 7) is 10.4. The van der Waals surface area contributed by atoms with E-state index in [0.717, 1.165) is 27.2 Å². The molecule has 0 bridgehead atoms. The Hall–Kier alpha value is -5.42. The summed E-state index contributed by atoms with van der Waals surface area (Å²) in [5.41, 5.74) is 9.59. The number of hydrogen-bond acceptors (Lipinski definition) is 5. The highest BCUT2D eigenvalue weighted by molar-refractivity contribution is 7.64. The highest BCUT2D eigenvalue weighted by Gasteiger charge is 2.52. The Morgan fingerprint density at radius 3 is 1.92 bits per heavy atom. The third kappa shape index (κ3) is 10.1. The molecular formula is C50H51FNO5PSi. The van der Waals surface area contributed by atoms with Gasteiger partial charge in [-0.25, -0.2) is 4.39 Å². The van der Waals surface area contributed by atoms with Crippen LogP contribution in [0.5, 0.6) is 0 Å². The summed E-state index contributed by atoms with van der Waals surface area (Å²) in [4.78, 5) is 17.7. The first-order chi connectivity index (χ1) is 28.2. The maximum Gasteiger partial charge on any atom is 0.305 e. The topological polar surface area (TPSA) is 85.7 Å². The standard InChI is InChI=1S/C50H51FNO5PSi/c1-36(2)49-45(46(38-26-28-40(51)29-27-38)34-47(52-49)44-25-17-16-20-39(44)32-37-18-10-7-11-19-37)30-31-58(55,56-6)35-41(33-48(53)54)57-59(50(3,4)5,42-21-12-8-13-22-42)43-23-14-9-15-24-43/h7-29,34,36,41H,32-33,35H2,1-6H3,(H,53,54). The van der Waals surface area contributed by atoms with E-state index in [1.807, 2.05) is 111 Å². The first-order valence-corrected chi connectivity index (χ1v) is 23.6. The molecule has 6 nitrogen and oxygen atoms in total. The highest BCUT2D eigenvalue weighted by Crippen LogP contribution is 2.48. The van der Waals surface area contributed by atoms with E-state index in [9.17, 15) is 18.9 Å². The van der Waals surface area contributed by atoms with Crippen LogP contribution in [0.2, 0.25) is 5.04 Å². The lowest BCUT2D eigenvalue weighted by molar-refractivity contribution is -0.138. The zero-order valence-corrected chi connectivity index (χ0v) is 36.4. The van der Waals surface area contributed by atoms with Crippen molar-refractivity contribution < 1.29 is 27.8 Å². The molecule has 0 aliphatic carbocycles. The summed E-state index contributed by atoms with van der Waals surface area (Å²) < 4.78 is 42.2. The van der Waals surface area contributed by atoms with Gasteiger partial charge in [0.25, 0.3) is 15.7 Å². The van der Waals surface area contributed by atoms with E-state index in [0.29, 0.717) is 28.8 Å². The largest absolute Gasteiger partial charge is 0.481 e. The monoisotopic (exact) mass is 823 g/mol. The molecule has 2 unspecified atom stereocenters. The molecule has 0 saturated carbocycles. The van der Waals surface area contributed by atoms with Gasteiger partial charge in [0.2, 0.25) is 0 Å². The van der Waals surface area contributed by atoms with Gasteiger partial charge >= 0.3 is 5.97 Å². The Kier molecular flexibility index (Phi) is 13.7. The number of benzene rings is 5. The van der Waals surface area contributed by atoms with Crippen LogP contribution >= 0.6 is 7.37 Å². The third-order valence-electron chi connectivity index (χ3n) is 10.5. The fourth-order valence-corrected chi connectivity index (χ4v) is 13.9. The summed E-state index contributed by atoms with van der Waals surface area (Å²) in [6.07, 6.45) is -0.972. The molecule has 1 N–H and O–H groups in total. The first kappa shape index (κ1) is 43.2. The lowest BCUT2D eigenvalue weighted by Gasteiger charge is -2.45. The summed E-state index contributed by atoms with van der Waals surface area (Å²) in [5, 5.41) is 11.7. The molecule has 1 heterocycles. The zero-order valence-electron chi connectivity index (χ0n) is 34.5. The molecule has 0 aliphatic heterocycles. The molecule has 0 radical (unpaired) electrons. The number of carboxylic acid groups (broad SMARTS) is 1. The zero-order chi connectivity index (χ0) is 42.2. The van der Waals surface area contributed by atoms with Crippen LogP contribution in [0.1, 0.15) is 69.3 Å². The van der Waals surface area contributed by atoms with Crippen molar-refractivity contribution in [3.05, 3.63) is 174 Å². The van der Waals surface area contributed by atoms with Gasteiger partial charge in [0.1, 0.15) is 5.82 Å². The molecule has 0 amide bonds. The van der Waals surface area contributed by atoms with Crippen molar-refractivity contribution in [2.45, 2.75) is 64.5 Å². The van der Waals surface area contributed by atoms with E-state index in [1.54, 1.807) is 12.1 Å². The number of halogens is 1. The smallest absolute Gasteiger partial charge is 0.305 e. The molecule has 0 aliphatic rings. The van der Waals surface area contributed by atoms with Crippen molar-refractivity contribution in [1.29, 1.82) is 0 Å². The number of rotatable bonds is 14. The van der Waals surface area contributed by atoms with Crippen LogP contribution in [0.15, 0.2) is 146 Å². The quantitative estimate of drug-likeness (QED) is 0.0669. The van der Waals surface area contributed by atoms with Crippen LogP contribution in [0.25, 0.3) is 22.4 Å². The molecule has 0 fully saturated rings. The second-order valence-corrected chi connectivity index (χ2v) is 22.6. The number of aliphatic carboxylic acids is 1. The molecule has 5 aromatic carbocycles. The molecule has 6 aromatic rings. The Labute approximate surface area is 349 Å².